The minimum atomic E-state index is -0.262. The Morgan fingerprint density at radius 3 is 1.60 bits per heavy atom. The van der Waals surface area contributed by atoms with Gasteiger partial charge < -0.3 is 0 Å². The van der Waals surface area contributed by atoms with Crippen molar-refractivity contribution < 1.29 is 0 Å². The van der Waals surface area contributed by atoms with Gasteiger partial charge in [-0.25, -0.2) is 0 Å². The van der Waals surface area contributed by atoms with Crippen LogP contribution in [0.25, 0.3) is 0 Å². The van der Waals surface area contributed by atoms with Gasteiger partial charge in [0.25, 0.3) is 0 Å². The molecule has 0 spiro atoms. The molecule has 0 aliphatic heterocycles. The van der Waals surface area contributed by atoms with Crippen molar-refractivity contribution in [3.05, 3.63) is 60.7 Å². The number of hydrogen-bond acceptors (Lipinski definition) is 0. The van der Waals surface area contributed by atoms with Crippen LogP contribution < -0.4 is 10.6 Å². The van der Waals surface area contributed by atoms with Gasteiger partial charge in [-0.05, 0) is 36.8 Å². The third-order valence-corrected chi connectivity index (χ3v) is 8.37. The van der Waals surface area contributed by atoms with Crippen molar-refractivity contribution in [2.45, 2.75) is 32.3 Å². The first-order chi connectivity index (χ1) is 9.66. The van der Waals surface area contributed by atoms with Gasteiger partial charge in [-0.15, -0.1) is 0 Å². The topological polar surface area (TPSA) is 0 Å². The van der Waals surface area contributed by atoms with E-state index in [1.54, 1.807) is 0 Å². The summed E-state index contributed by atoms with van der Waals surface area (Å²) in [5, 5.41) is 3.57. The van der Waals surface area contributed by atoms with E-state index in [9.17, 15) is 0 Å². The predicted molar refractivity (Wildman–Crippen MR) is 90.4 cm³/mol. The SMILES string of the molecule is CC(C)C1(P(c2ccccc2)c2ccccc2)CC1C. The van der Waals surface area contributed by atoms with E-state index < -0.39 is 0 Å². The molecule has 2 unspecified atom stereocenters. The summed E-state index contributed by atoms with van der Waals surface area (Å²) in [6.07, 6.45) is 1.38. The Hall–Kier alpha value is -1.13. The van der Waals surface area contributed by atoms with Crippen LogP contribution in [0.5, 0.6) is 0 Å². The average Bonchev–Trinajstić information content (AvgIpc) is 3.14. The maximum atomic E-state index is 2.43. The highest BCUT2D eigenvalue weighted by Gasteiger charge is 2.58. The molecular weight excluding hydrogens is 259 g/mol. The Kier molecular flexibility index (Phi) is 3.69. The fourth-order valence-electron chi connectivity index (χ4n) is 3.59. The molecule has 0 heterocycles. The van der Waals surface area contributed by atoms with Gasteiger partial charge in [-0.3, -0.25) is 0 Å². The van der Waals surface area contributed by atoms with Crippen molar-refractivity contribution in [1.29, 1.82) is 0 Å². The molecule has 2 atom stereocenters. The highest BCUT2D eigenvalue weighted by molar-refractivity contribution is 7.74. The van der Waals surface area contributed by atoms with Crippen LogP contribution in [-0.2, 0) is 0 Å². The minimum absolute atomic E-state index is 0.262. The molecule has 0 saturated heterocycles. The molecule has 1 heteroatoms. The lowest BCUT2D eigenvalue weighted by molar-refractivity contribution is 0.565. The van der Waals surface area contributed by atoms with E-state index in [0.717, 1.165) is 11.8 Å². The Morgan fingerprint density at radius 1 is 0.900 bits per heavy atom. The van der Waals surface area contributed by atoms with Crippen LogP contribution in [0.3, 0.4) is 0 Å². The molecule has 1 aliphatic carbocycles. The molecule has 0 amide bonds. The Bertz CT molecular complexity index is 521. The second kappa shape index (κ2) is 5.34. The van der Waals surface area contributed by atoms with Crippen molar-refractivity contribution >= 4 is 18.5 Å². The molecule has 20 heavy (non-hydrogen) atoms. The summed E-state index contributed by atoms with van der Waals surface area (Å²) >= 11 is 0. The van der Waals surface area contributed by atoms with Gasteiger partial charge in [0, 0.05) is 5.16 Å². The summed E-state index contributed by atoms with van der Waals surface area (Å²) in [6.45, 7) is 7.25. The molecule has 0 nitrogen and oxygen atoms in total. The van der Waals surface area contributed by atoms with Crippen LogP contribution in [0.2, 0.25) is 0 Å². The molecule has 104 valence electrons. The lowest BCUT2D eigenvalue weighted by atomic mass is 10.1. The van der Waals surface area contributed by atoms with E-state index >= 15 is 0 Å². The molecule has 0 aromatic heterocycles. The van der Waals surface area contributed by atoms with E-state index in [4.69, 9.17) is 0 Å². The quantitative estimate of drug-likeness (QED) is 0.721. The third-order valence-electron chi connectivity index (χ3n) is 4.77. The van der Waals surface area contributed by atoms with E-state index in [1.165, 1.54) is 17.0 Å². The fourth-order valence-corrected chi connectivity index (χ4v) is 7.20. The first-order valence-corrected chi connectivity index (χ1v) is 8.91. The van der Waals surface area contributed by atoms with Crippen molar-refractivity contribution in [1.82, 2.24) is 0 Å². The summed E-state index contributed by atoms with van der Waals surface area (Å²) in [5.41, 5.74) is 0. The van der Waals surface area contributed by atoms with Crippen molar-refractivity contribution in [3.8, 4) is 0 Å². The summed E-state index contributed by atoms with van der Waals surface area (Å²) in [6, 6.07) is 22.3. The number of hydrogen-bond donors (Lipinski definition) is 0. The van der Waals surface area contributed by atoms with Gasteiger partial charge in [0.2, 0.25) is 0 Å². The zero-order valence-electron chi connectivity index (χ0n) is 12.6. The fraction of sp³-hybridized carbons (Fsp3) is 0.368. The van der Waals surface area contributed by atoms with Crippen molar-refractivity contribution in [3.63, 3.8) is 0 Å². The zero-order chi connectivity index (χ0) is 14.2. The van der Waals surface area contributed by atoms with Crippen LogP contribution in [0, 0.1) is 11.8 Å². The standard InChI is InChI=1S/C19H23P/c1-15(2)19(14-16(19)3)20(17-10-6-4-7-11-17)18-12-8-5-9-13-18/h4-13,15-16H,14H2,1-3H3. The summed E-state index contributed by atoms with van der Waals surface area (Å²) in [7, 11) is -0.262. The molecule has 1 fully saturated rings. The van der Waals surface area contributed by atoms with Gasteiger partial charge in [0.05, 0.1) is 0 Å². The Labute approximate surface area is 124 Å². The predicted octanol–water partition coefficient (Wildman–Crippen LogP) is 4.55. The van der Waals surface area contributed by atoms with E-state index in [-0.39, 0.29) is 7.92 Å². The number of rotatable bonds is 4. The van der Waals surface area contributed by atoms with Gasteiger partial charge in [-0.1, -0.05) is 81.4 Å². The lowest BCUT2D eigenvalue weighted by Gasteiger charge is -2.33. The highest BCUT2D eigenvalue weighted by Crippen LogP contribution is 2.69. The summed E-state index contributed by atoms with van der Waals surface area (Å²) < 4.78 is 0. The maximum Gasteiger partial charge on any atom is 0.00374 e. The van der Waals surface area contributed by atoms with Crippen molar-refractivity contribution in [2.75, 3.05) is 0 Å². The smallest absolute Gasteiger partial charge is 0.00374 e. The van der Waals surface area contributed by atoms with Crippen LogP contribution in [-0.4, -0.2) is 5.16 Å². The third kappa shape index (κ3) is 2.21. The maximum absolute atomic E-state index is 2.43. The normalized spacial score (nSPS) is 25.1. The van der Waals surface area contributed by atoms with Crippen LogP contribution in [0.15, 0.2) is 60.7 Å². The first-order valence-electron chi connectivity index (χ1n) is 7.56. The summed E-state index contributed by atoms with van der Waals surface area (Å²) in [5.74, 6) is 1.58. The van der Waals surface area contributed by atoms with Gasteiger partial charge in [-0.2, -0.15) is 0 Å². The molecule has 2 aromatic rings. The van der Waals surface area contributed by atoms with Gasteiger partial charge in [0.1, 0.15) is 0 Å². The minimum Gasteiger partial charge on any atom is -0.0622 e. The second-order valence-corrected chi connectivity index (χ2v) is 8.79. The average molecular weight is 282 g/mol. The largest absolute Gasteiger partial charge is 0.0622 e. The first kappa shape index (κ1) is 13.8. The van der Waals surface area contributed by atoms with Gasteiger partial charge in [0.15, 0.2) is 0 Å². The molecule has 1 aliphatic rings. The van der Waals surface area contributed by atoms with E-state index in [2.05, 4.69) is 81.4 Å². The molecule has 0 N–H and O–H groups in total. The van der Waals surface area contributed by atoms with Crippen LogP contribution >= 0.6 is 7.92 Å². The molecule has 0 bridgehead atoms. The second-order valence-electron chi connectivity index (χ2n) is 6.26. The molecule has 0 radical (unpaired) electrons. The zero-order valence-corrected chi connectivity index (χ0v) is 13.5. The molecule has 2 aromatic carbocycles. The van der Waals surface area contributed by atoms with Crippen LogP contribution in [0.4, 0.5) is 0 Å². The van der Waals surface area contributed by atoms with Gasteiger partial charge >= 0.3 is 0 Å². The highest BCUT2D eigenvalue weighted by atomic mass is 31.1. The molecule has 1 saturated carbocycles. The van der Waals surface area contributed by atoms with Crippen molar-refractivity contribution in [2.24, 2.45) is 11.8 Å². The van der Waals surface area contributed by atoms with E-state index in [1.807, 2.05) is 0 Å². The Morgan fingerprint density at radius 2 is 1.30 bits per heavy atom. The lowest BCUT2D eigenvalue weighted by Crippen LogP contribution is -2.28. The monoisotopic (exact) mass is 282 g/mol. The Balaban J connectivity index is 2.10. The number of benzene rings is 2. The van der Waals surface area contributed by atoms with Crippen LogP contribution in [0.1, 0.15) is 27.2 Å². The molecule has 3 rings (SSSR count). The van der Waals surface area contributed by atoms with E-state index in [0.29, 0.717) is 5.16 Å². The summed E-state index contributed by atoms with van der Waals surface area (Å²) in [4.78, 5) is 0. The molecular formula is C19H23P.